The Morgan fingerprint density at radius 1 is 1.32 bits per heavy atom. The fourth-order valence-electron chi connectivity index (χ4n) is 4.35. The van der Waals surface area contributed by atoms with Crippen LogP contribution in [0.3, 0.4) is 0 Å². The van der Waals surface area contributed by atoms with Crippen molar-refractivity contribution in [2.24, 2.45) is 7.05 Å². The van der Waals surface area contributed by atoms with E-state index in [0.29, 0.717) is 13.2 Å². The van der Waals surface area contributed by atoms with Gasteiger partial charge in [-0.2, -0.15) is 5.10 Å². The first-order valence-corrected chi connectivity index (χ1v) is 11.0. The van der Waals surface area contributed by atoms with Crippen molar-refractivity contribution in [3.8, 4) is 11.1 Å². The van der Waals surface area contributed by atoms with Gasteiger partial charge in [-0.15, -0.1) is 0 Å². The van der Waals surface area contributed by atoms with Crippen LogP contribution in [0.15, 0.2) is 18.2 Å². The van der Waals surface area contributed by atoms with Gasteiger partial charge >= 0.3 is 0 Å². The highest BCUT2D eigenvalue weighted by atomic mass is 79.9. The van der Waals surface area contributed by atoms with Crippen molar-refractivity contribution in [1.29, 1.82) is 0 Å². The molecule has 6 heteroatoms. The summed E-state index contributed by atoms with van der Waals surface area (Å²) >= 11 is 3.54. The number of nitrogens with zero attached hydrogens (tertiary/aromatic N) is 3. The van der Waals surface area contributed by atoms with Gasteiger partial charge in [0.25, 0.3) is 0 Å². The zero-order valence-electron chi connectivity index (χ0n) is 16.5. The van der Waals surface area contributed by atoms with Gasteiger partial charge in [0.1, 0.15) is 0 Å². The predicted octanol–water partition coefficient (Wildman–Crippen LogP) is 4.80. The van der Waals surface area contributed by atoms with Crippen LogP contribution in [-0.2, 0) is 31.4 Å². The summed E-state index contributed by atoms with van der Waals surface area (Å²) < 4.78 is 10.1. The molecule has 0 aliphatic carbocycles. The maximum atomic E-state index is 12.1. The first kappa shape index (κ1) is 19.4. The standard InChI is InChI=1S/C22H26BrN3O2/c1-15-21-18-8-5-7-17-16(9-6-10-23)20(13-27)26(22(17)18)11-3-4-12-28-14-19(21)24-25(15)2/h5,7-8,13H,3-4,6,9-12,14H2,1-2H3. The van der Waals surface area contributed by atoms with Gasteiger partial charge in [0, 0.05) is 47.7 Å². The van der Waals surface area contributed by atoms with Gasteiger partial charge in [-0.1, -0.05) is 34.1 Å². The van der Waals surface area contributed by atoms with Crippen LogP contribution in [0.1, 0.15) is 46.7 Å². The Bertz CT molecular complexity index is 1020. The normalized spacial score (nSPS) is 14.7. The smallest absolute Gasteiger partial charge is 0.166 e. The summed E-state index contributed by atoms with van der Waals surface area (Å²) in [7, 11) is 1.98. The third kappa shape index (κ3) is 3.22. The van der Waals surface area contributed by atoms with E-state index in [1.165, 1.54) is 10.9 Å². The molecule has 2 aromatic heterocycles. The highest BCUT2D eigenvalue weighted by Crippen LogP contribution is 2.38. The van der Waals surface area contributed by atoms with Crippen molar-refractivity contribution in [3.63, 3.8) is 0 Å². The van der Waals surface area contributed by atoms with Crippen LogP contribution in [0.25, 0.3) is 22.0 Å². The molecule has 0 amide bonds. The number of aryl methyl sites for hydroxylation is 3. The molecule has 0 saturated heterocycles. The molecule has 0 bridgehead atoms. The first-order chi connectivity index (χ1) is 13.7. The lowest BCUT2D eigenvalue weighted by Gasteiger charge is -2.11. The Hall–Kier alpha value is -1.92. The maximum Gasteiger partial charge on any atom is 0.166 e. The molecule has 0 saturated carbocycles. The van der Waals surface area contributed by atoms with Gasteiger partial charge in [0.05, 0.1) is 23.5 Å². The molecule has 0 atom stereocenters. The minimum atomic E-state index is 0.519. The van der Waals surface area contributed by atoms with Crippen molar-refractivity contribution in [1.82, 2.24) is 14.3 Å². The fraction of sp³-hybridized carbons (Fsp3) is 0.455. The van der Waals surface area contributed by atoms with Gasteiger partial charge in [0.15, 0.2) is 6.29 Å². The number of hydrogen-bond acceptors (Lipinski definition) is 3. The summed E-state index contributed by atoms with van der Waals surface area (Å²) in [5, 5.41) is 6.84. The fourth-order valence-corrected chi connectivity index (χ4v) is 4.63. The third-order valence-electron chi connectivity index (χ3n) is 5.74. The molecule has 5 nitrogen and oxygen atoms in total. The van der Waals surface area contributed by atoms with E-state index in [4.69, 9.17) is 9.84 Å². The van der Waals surface area contributed by atoms with Gasteiger partial charge < -0.3 is 9.30 Å². The number of alkyl halides is 1. The van der Waals surface area contributed by atoms with E-state index in [9.17, 15) is 4.79 Å². The van der Waals surface area contributed by atoms with E-state index in [2.05, 4.69) is 45.6 Å². The van der Waals surface area contributed by atoms with Crippen molar-refractivity contribution < 1.29 is 9.53 Å². The summed E-state index contributed by atoms with van der Waals surface area (Å²) in [5.74, 6) is 0. The highest BCUT2D eigenvalue weighted by Gasteiger charge is 2.23. The number of aldehydes is 1. The van der Waals surface area contributed by atoms with Crippen LogP contribution in [0.5, 0.6) is 0 Å². The molecule has 1 aromatic carbocycles. The minimum Gasteiger partial charge on any atom is -0.375 e. The monoisotopic (exact) mass is 443 g/mol. The number of fused-ring (bicyclic) bond motifs is 2. The van der Waals surface area contributed by atoms with E-state index in [1.54, 1.807) is 0 Å². The van der Waals surface area contributed by atoms with Crippen LogP contribution in [-0.4, -0.2) is 32.6 Å². The molecule has 0 fully saturated rings. The van der Waals surface area contributed by atoms with Crippen LogP contribution in [0.4, 0.5) is 0 Å². The number of ether oxygens (including phenoxy) is 1. The van der Waals surface area contributed by atoms with E-state index < -0.39 is 0 Å². The lowest BCUT2D eigenvalue weighted by atomic mass is 9.98. The van der Waals surface area contributed by atoms with E-state index in [-0.39, 0.29) is 0 Å². The molecule has 3 heterocycles. The molecule has 0 unspecified atom stereocenters. The van der Waals surface area contributed by atoms with Crippen molar-refractivity contribution in [3.05, 3.63) is 40.8 Å². The second-order valence-corrected chi connectivity index (χ2v) is 8.21. The lowest BCUT2D eigenvalue weighted by molar-refractivity contribution is 0.111. The Morgan fingerprint density at radius 3 is 2.96 bits per heavy atom. The van der Waals surface area contributed by atoms with Crippen LogP contribution in [0, 0.1) is 6.92 Å². The number of carbonyl (C=O) groups is 1. The lowest BCUT2D eigenvalue weighted by Crippen LogP contribution is -2.06. The highest BCUT2D eigenvalue weighted by molar-refractivity contribution is 9.09. The summed E-state index contributed by atoms with van der Waals surface area (Å²) in [5.41, 5.74) is 7.53. The number of benzene rings is 1. The van der Waals surface area contributed by atoms with Crippen molar-refractivity contribution in [2.45, 2.75) is 45.8 Å². The zero-order chi connectivity index (χ0) is 19.7. The second-order valence-electron chi connectivity index (χ2n) is 7.42. The minimum absolute atomic E-state index is 0.519. The molecule has 4 rings (SSSR count). The summed E-state index contributed by atoms with van der Waals surface area (Å²) in [6.07, 6.45) is 4.91. The molecule has 0 N–H and O–H groups in total. The Balaban J connectivity index is 2.06. The molecule has 1 aliphatic rings. The Labute approximate surface area is 173 Å². The first-order valence-electron chi connectivity index (χ1n) is 9.93. The average Bonchev–Trinajstić information content (AvgIpc) is 3.15. The molecule has 1 aliphatic heterocycles. The number of rotatable bonds is 4. The van der Waals surface area contributed by atoms with Crippen LogP contribution in [0.2, 0.25) is 0 Å². The molecular formula is C22H26BrN3O2. The molecule has 0 radical (unpaired) electrons. The molecule has 0 spiro atoms. The van der Waals surface area contributed by atoms with Crippen LogP contribution < -0.4 is 0 Å². The number of carbonyl (C=O) groups excluding carboxylic acids is 1. The number of para-hydroxylation sites is 1. The Morgan fingerprint density at radius 2 is 2.18 bits per heavy atom. The van der Waals surface area contributed by atoms with Gasteiger partial charge in [-0.3, -0.25) is 9.48 Å². The summed E-state index contributed by atoms with van der Waals surface area (Å²) in [4.78, 5) is 12.1. The number of halogens is 1. The SMILES string of the molecule is Cc1c2c(nn1C)COCCCCn1c(C=O)c(CCCBr)c3cccc-2c31. The summed E-state index contributed by atoms with van der Waals surface area (Å²) in [6, 6.07) is 6.42. The largest absolute Gasteiger partial charge is 0.375 e. The van der Waals surface area contributed by atoms with Gasteiger partial charge in [0.2, 0.25) is 0 Å². The van der Waals surface area contributed by atoms with E-state index in [0.717, 1.165) is 77.6 Å². The topological polar surface area (TPSA) is 49.0 Å². The van der Waals surface area contributed by atoms with E-state index >= 15 is 0 Å². The quantitative estimate of drug-likeness (QED) is 0.429. The maximum absolute atomic E-state index is 12.1. The van der Waals surface area contributed by atoms with E-state index in [1.807, 2.05) is 11.7 Å². The predicted molar refractivity (Wildman–Crippen MR) is 115 cm³/mol. The number of aromatic nitrogens is 3. The molecule has 3 aromatic rings. The second kappa shape index (κ2) is 8.21. The molecule has 28 heavy (non-hydrogen) atoms. The Kier molecular flexibility index (Phi) is 5.69. The van der Waals surface area contributed by atoms with Crippen molar-refractivity contribution >= 4 is 33.1 Å². The van der Waals surface area contributed by atoms with Crippen LogP contribution >= 0.6 is 15.9 Å². The molecular weight excluding hydrogens is 418 g/mol. The number of hydrogen-bond donors (Lipinski definition) is 0. The summed E-state index contributed by atoms with van der Waals surface area (Å²) in [6.45, 7) is 4.16. The van der Waals surface area contributed by atoms with Gasteiger partial charge in [-0.25, -0.2) is 0 Å². The third-order valence-corrected chi connectivity index (χ3v) is 6.30. The zero-order valence-corrected chi connectivity index (χ0v) is 18.1. The average molecular weight is 444 g/mol. The van der Waals surface area contributed by atoms with Gasteiger partial charge in [-0.05, 0) is 38.2 Å². The molecule has 148 valence electrons. The van der Waals surface area contributed by atoms with Crippen molar-refractivity contribution in [2.75, 3.05) is 11.9 Å².